The molecule has 108 valence electrons. The Morgan fingerprint density at radius 2 is 2.05 bits per heavy atom. The number of hydrogen-bond acceptors (Lipinski definition) is 3. The first-order chi connectivity index (χ1) is 9.58. The fourth-order valence-electron chi connectivity index (χ4n) is 2.98. The second-order valence-electron chi connectivity index (χ2n) is 5.29. The van der Waals surface area contributed by atoms with Gasteiger partial charge in [0.25, 0.3) is 0 Å². The summed E-state index contributed by atoms with van der Waals surface area (Å²) in [5.74, 6) is -0.696. The highest BCUT2D eigenvalue weighted by Crippen LogP contribution is 2.33. The molecule has 0 spiro atoms. The Bertz CT molecular complexity index is 635. The van der Waals surface area contributed by atoms with Crippen LogP contribution in [0.2, 0.25) is 0 Å². The number of nitrogen functional groups attached to an aromatic ring is 1. The first-order valence-corrected chi connectivity index (χ1v) is 6.78. The third-order valence-corrected chi connectivity index (χ3v) is 4.10. The number of ether oxygens (including phenoxy) is 1. The predicted octanol–water partition coefficient (Wildman–Crippen LogP) is 2.88. The van der Waals surface area contributed by atoms with E-state index in [1.165, 1.54) is 6.07 Å². The molecule has 0 saturated carbocycles. The Balaban J connectivity index is 2.08. The summed E-state index contributed by atoms with van der Waals surface area (Å²) < 4.78 is 34.3. The minimum absolute atomic E-state index is 0.0325. The van der Waals surface area contributed by atoms with Crippen LogP contribution < -0.4 is 5.73 Å². The highest BCUT2D eigenvalue weighted by Gasteiger charge is 2.25. The Kier molecular flexibility index (Phi) is 3.33. The molecule has 1 unspecified atom stereocenters. The third-order valence-electron chi connectivity index (χ3n) is 4.10. The zero-order chi connectivity index (χ0) is 14.3. The molecule has 1 fully saturated rings. The molecule has 0 aliphatic carbocycles. The predicted molar refractivity (Wildman–Crippen MR) is 72.3 cm³/mol. The SMILES string of the molecule is CC(C1CCOCC1)n1c(N)nc2c(F)cc(F)cc21. The quantitative estimate of drug-likeness (QED) is 0.921. The van der Waals surface area contributed by atoms with Gasteiger partial charge in [-0.15, -0.1) is 0 Å². The molecule has 1 aliphatic heterocycles. The number of fused-ring (bicyclic) bond motifs is 1. The summed E-state index contributed by atoms with van der Waals surface area (Å²) in [6.07, 6.45) is 1.83. The lowest BCUT2D eigenvalue weighted by Gasteiger charge is -2.29. The monoisotopic (exact) mass is 281 g/mol. The van der Waals surface area contributed by atoms with E-state index in [1.54, 1.807) is 4.57 Å². The average molecular weight is 281 g/mol. The highest BCUT2D eigenvalue weighted by atomic mass is 19.1. The second kappa shape index (κ2) is 5.01. The van der Waals surface area contributed by atoms with Gasteiger partial charge in [-0.2, -0.15) is 0 Å². The zero-order valence-electron chi connectivity index (χ0n) is 11.3. The lowest BCUT2D eigenvalue weighted by Crippen LogP contribution is -2.24. The molecule has 3 rings (SSSR count). The summed E-state index contributed by atoms with van der Waals surface area (Å²) in [6.45, 7) is 3.44. The van der Waals surface area contributed by atoms with Crippen molar-refractivity contribution in [2.24, 2.45) is 5.92 Å². The molecule has 6 heteroatoms. The summed E-state index contributed by atoms with van der Waals surface area (Å²) in [7, 11) is 0. The lowest BCUT2D eigenvalue weighted by atomic mass is 9.92. The molecule has 2 N–H and O–H groups in total. The topological polar surface area (TPSA) is 53.1 Å². The maximum atomic E-state index is 13.8. The van der Waals surface area contributed by atoms with Crippen molar-refractivity contribution in [2.75, 3.05) is 18.9 Å². The molecular formula is C14H17F2N3O. The van der Waals surface area contributed by atoms with Gasteiger partial charge >= 0.3 is 0 Å². The number of nitrogens with zero attached hydrogens (tertiary/aromatic N) is 2. The van der Waals surface area contributed by atoms with Gasteiger partial charge in [-0.1, -0.05) is 0 Å². The van der Waals surface area contributed by atoms with Crippen LogP contribution in [0, 0.1) is 17.6 Å². The lowest BCUT2D eigenvalue weighted by molar-refractivity contribution is 0.0521. The van der Waals surface area contributed by atoms with Gasteiger partial charge < -0.3 is 15.0 Å². The van der Waals surface area contributed by atoms with Gasteiger partial charge in [-0.25, -0.2) is 13.8 Å². The van der Waals surface area contributed by atoms with Gasteiger partial charge in [0, 0.05) is 31.4 Å². The first-order valence-electron chi connectivity index (χ1n) is 6.78. The molecule has 20 heavy (non-hydrogen) atoms. The minimum Gasteiger partial charge on any atom is -0.381 e. The molecule has 2 heterocycles. The molecule has 0 amide bonds. The number of imidazole rings is 1. The fraction of sp³-hybridized carbons (Fsp3) is 0.500. The molecule has 1 aromatic carbocycles. The molecule has 4 nitrogen and oxygen atoms in total. The summed E-state index contributed by atoms with van der Waals surface area (Å²) in [5.41, 5.74) is 6.45. The van der Waals surface area contributed by atoms with Gasteiger partial charge in [0.05, 0.1) is 5.52 Å². The Morgan fingerprint density at radius 3 is 2.75 bits per heavy atom. The Morgan fingerprint density at radius 1 is 1.35 bits per heavy atom. The molecule has 2 aromatic rings. The number of hydrogen-bond donors (Lipinski definition) is 1. The van der Waals surface area contributed by atoms with E-state index in [-0.39, 0.29) is 17.5 Å². The van der Waals surface area contributed by atoms with Crippen molar-refractivity contribution in [3.8, 4) is 0 Å². The van der Waals surface area contributed by atoms with E-state index in [9.17, 15) is 8.78 Å². The van der Waals surface area contributed by atoms with Crippen LogP contribution in [-0.2, 0) is 4.74 Å². The molecule has 1 saturated heterocycles. The number of nitrogens with two attached hydrogens (primary N) is 1. The molecule has 1 aromatic heterocycles. The van der Waals surface area contributed by atoms with E-state index in [0.29, 0.717) is 24.6 Å². The number of anilines is 1. The smallest absolute Gasteiger partial charge is 0.201 e. The van der Waals surface area contributed by atoms with E-state index in [0.717, 1.165) is 18.9 Å². The molecule has 1 atom stereocenters. The minimum atomic E-state index is -0.676. The van der Waals surface area contributed by atoms with Gasteiger partial charge in [-0.3, -0.25) is 0 Å². The molecule has 0 radical (unpaired) electrons. The van der Waals surface area contributed by atoms with Crippen LogP contribution in [0.25, 0.3) is 11.0 Å². The molecule has 0 bridgehead atoms. The standard InChI is InChI=1S/C14H17F2N3O/c1-8(9-2-4-20-5-3-9)19-12-7-10(15)6-11(16)13(12)18-14(19)17/h6-9H,2-5H2,1H3,(H2,17,18). The number of rotatable bonds is 2. The van der Waals surface area contributed by atoms with Crippen molar-refractivity contribution in [2.45, 2.75) is 25.8 Å². The van der Waals surface area contributed by atoms with Crippen molar-refractivity contribution >= 4 is 17.0 Å². The van der Waals surface area contributed by atoms with E-state index in [2.05, 4.69) is 4.98 Å². The zero-order valence-corrected chi connectivity index (χ0v) is 11.3. The van der Waals surface area contributed by atoms with Gasteiger partial charge in [-0.05, 0) is 25.7 Å². The van der Waals surface area contributed by atoms with Crippen LogP contribution in [0.5, 0.6) is 0 Å². The van der Waals surface area contributed by atoms with Gasteiger partial charge in [0.15, 0.2) is 5.82 Å². The van der Waals surface area contributed by atoms with E-state index >= 15 is 0 Å². The van der Waals surface area contributed by atoms with Crippen LogP contribution in [-0.4, -0.2) is 22.8 Å². The first kappa shape index (κ1) is 13.3. The summed E-state index contributed by atoms with van der Waals surface area (Å²) in [5, 5.41) is 0. The van der Waals surface area contributed by atoms with E-state index in [4.69, 9.17) is 10.5 Å². The maximum Gasteiger partial charge on any atom is 0.201 e. The maximum absolute atomic E-state index is 13.8. The highest BCUT2D eigenvalue weighted by molar-refractivity contribution is 5.79. The summed E-state index contributed by atoms with van der Waals surface area (Å²) in [6, 6.07) is 2.15. The van der Waals surface area contributed by atoms with Crippen LogP contribution >= 0.6 is 0 Å². The van der Waals surface area contributed by atoms with Crippen LogP contribution in [0.4, 0.5) is 14.7 Å². The number of benzene rings is 1. The van der Waals surface area contributed by atoms with Crippen molar-refractivity contribution < 1.29 is 13.5 Å². The summed E-state index contributed by atoms with van der Waals surface area (Å²) >= 11 is 0. The largest absolute Gasteiger partial charge is 0.381 e. The average Bonchev–Trinajstić information content (AvgIpc) is 2.76. The third kappa shape index (κ3) is 2.14. The van der Waals surface area contributed by atoms with Crippen molar-refractivity contribution in [1.29, 1.82) is 0 Å². The van der Waals surface area contributed by atoms with Crippen LogP contribution in [0.3, 0.4) is 0 Å². The summed E-state index contributed by atoms with van der Waals surface area (Å²) in [4.78, 5) is 4.04. The fourth-order valence-corrected chi connectivity index (χ4v) is 2.98. The molecule has 1 aliphatic rings. The number of halogens is 2. The Hall–Kier alpha value is -1.69. The Labute approximate surface area is 115 Å². The van der Waals surface area contributed by atoms with E-state index < -0.39 is 11.6 Å². The number of aromatic nitrogens is 2. The normalized spacial score (nSPS) is 18.6. The van der Waals surface area contributed by atoms with Crippen molar-refractivity contribution in [1.82, 2.24) is 9.55 Å². The molecular weight excluding hydrogens is 264 g/mol. The van der Waals surface area contributed by atoms with Crippen LogP contribution in [0.15, 0.2) is 12.1 Å². The second-order valence-corrected chi connectivity index (χ2v) is 5.29. The van der Waals surface area contributed by atoms with Gasteiger partial charge in [0.2, 0.25) is 5.95 Å². The van der Waals surface area contributed by atoms with Crippen molar-refractivity contribution in [3.63, 3.8) is 0 Å². The van der Waals surface area contributed by atoms with Crippen LogP contribution in [0.1, 0.15) is 25.8 Å². The van der Waals surface area contributed by atoms with Gasteiger partial charge in [0.1, 0.15) is 11.3 Å². The van der Waals surface area contributed by atoms with E-state index in [1.807, 2.05) is 6.92 Å². The van der Waals surface area contributed by atoms with Crippen molar-refractivity contribution in [3.05, 3.63) is 23.8 Å².